The number of carbonyl (C=O) groups excluding carboxylic acids is 1. The Kier molecular flexibility index (Phi) is 3.36. The van der Waals surface area contributed by atoms with E-state index in [0.717, 1.165) is 0 Å². The van der Waals surface area contributed by atoms with E-state index in [2.05, 4.69) is 5.43 Å². The highest BCUT2D eigenvalue weighted by Gasteiger charge is 2.06. The second-order valence-corrected chi connectivity index (χ2v) is 3.17. The van der Waals surface area contributed by atoms with Gasteiger partial charge in [-0.3, -0.25) is 4.79 Å². The zero-order valence-electron chi connectivity index (χ0n) is 6.58. The molecule has 3 N–H and O–H groups in total. The van der Waals surface area contributed by atoms with Gasteiger partial charge in [-0.15, -0.1) is 0 Å². The summed E-state index contributed by atoms with van der Waals surface area (Å²) in [6, 6.07) is 4.80. The van der Waals surface area contributed by atoms with Crippen molar-refractivity contribution >= 4 is 35.1 Å². The molecule has 0 aliphatic carbocycles. The molecule has 5 heteroatoms. The number of halogens is 1. The average molecular weight is 215 g/mol. The number of hydrogen-bond acceptors (Lipinski definition) is 3. The van der Waals surface area contributed by atoms with Gasteiger partial charge < -0.3 is 5.43 Å². The van der Waals surface area contributed by atoms with Gasteiger partial charge in [0.15, 0.2) is 6.29 Å². The summed E-state index contributed by atoms with van der Waals surface area (Å²) in [5.74, 6) is 5.13. The number of rotatable bonds is 2. The van der Waals surface area contributed by atoms with Crippen LogP contribution in [0, 0.1) is 0 Å². The zero-order chi connectivity index (χ0) is 9.84. The largest absolute Gasteiger partial charge is 0.314 e. The second kappa shape index (κ2) is 4.32. The minimum atomic E-state index is 0.296. The lowest BCUT2D eigenvalue weighted by Crippen LogP contribution is -2.29. The first-order valence-corrected chi connectivity index (χ1v) is 4.23. The fraction of sp³-hybridized carbons (Fsp3) is 0. The summed E-state index contributed by atoms with van der Waals surface area (Å²) < 4.78 is 0. The van der Waals surface area contributed by atoms with Gasteiger partial charge in [0.25, 0.3) is 0 Å². The Hall–Kier alpha value is -0.970. The molecule has 1 aromatic rings. The maximum atomic E-state index is 10.6. The van der Waals surface area contributed by atoms with E-state index in [1.165, 1.54) is 0 Å². The van der Waals surface area contributed by atoms with E-state index in [-0.39, 0.29) is 0 Å². The summed E-state index contributed by atoms with van der Waals surface area (Å²) in [4.78, 5) is 10.9. The molecule has 68 valence electrons. The first-order chi connectivity index (χ1) is 6.19. The van der Waals surface area contributed by atoms with Gasteiger partial charge >= 0.3 is 0 Å². The lowest BCUT2D eigenvalue weighted by molar-refractivity contribution is 0.112. The minimum absolute atomic E-state index is 0.296. The molecule has 0 saturated carbocycles. The molecule has 0 spiro atoms. The number of hydrazine groups is 1. The van der Waals surface area contributed by atoms with E-state index in [4.69, 9.17) is 29.7 Å². The van der Waals surface area contributed by atoms with Crippen LogP contribution >= 0.6 is 23.8 Å². The highest BCUT2D eigenvalue weighted by Crippen LogP contribution is 2.14. The number of nitrogens with one attached hydrogen (secondary N) is 1. The molecule has 0 fully saturated rings. The van der Waals surface area contributed by atoms with E-state index < -0.39 is 0 Å². The van der Waals surface area contributed by atoms with Crippen LogP contribution in [0.2, 0.25) is 5.02 Å². The van der Waals surface area contributed by atoms with Crippen LogP contribution < -0.4 is 11.3 Å². The summed E-state index contributed by atoms with van der Waals surface area (Å²) >= 11 is 10.6. The Labute approximate surface area is 85.8 Å². The van der Waals surface area contributed by atoms with Crippen molar-refractivity contribution in [2.24, 2.45) is 5.84 Å². The van der Waals surface area contributed by atoms with Crippen LogP contribution in [-0.4, -0.2) is 11.3 Å². The predicted molar refractivity (Wildman–Crippen MR) is 55.9 cm³/mol. The molecule has 3 nitrogen and oxygen atoms in total. The van der Waals surface area contributed by atoms with Crippen LogP contribution in [0.3, 0.4) is 0 Å². The molecule has 0 aliphatic heterocycles. The van der Waals surface area contributed by atoms with Crippen molar-refractivity contribution in [3.8, 4) is 0 Å². The molecule has 0 heterocycles. The van der Waals surface area contributed by atoms with Crippen LogP contribution in [0.5, 0.6) is 0 Å². The third-order valence-corrected chi connectivity index (χ3v) is 2.09. The highest BCUT2D eigenvalue weighted by molar-refractivity contribution is 7.80. The number of aldehydes is 1. The number of benzene rings is 1. The molecule has 0 aliphatic rings. The van der Waals surface area contributed by atoms with Crippen molar-refractivity contribution < 1.29 is 4.79 Å². The number of hydrogen-bond donors (Lipinski definition) is 2. The second-order valence-electron chi connectivity index (χ2n) is 2.32. The van der Waals surface area contributed by atoms with Crippen molar-refractivity contribution in [1.82, 2.24) is 5.43 Å². The van der Waals surface area contributed by atoms with E-state index >= 15 is 0 Å². The molecular formula is C8H7ClN2OS. The first-order valence-electron chi connectivity index (χ1n) is 3.44. The Balaban J connectivity index is 3.23. The van der Waals surface area contributed by atoms with Gasteiger partial charge in [0.05, 0.1) is 0 Å². The standard InChI is InChI=1S/C8H7ClN2OS/c9-6-2-1-5(4-12)7(3-6)8(13)11-10/h1-4H,10H2,(H,11,13). The third-order valence-electron chi connectivity index (χ3n) is 1.52. The van der Waals surface area contributed by atoms with E-state index in [9.17, 15) is 4.79 Å². The number of nitrogens with two attached hydrogens (primary N) is 1. The van der Waals surface area contributed by atoms with Crippen molar-refractivity contribution in [3.05, 3.63) is 34.3 Å². The summed E-state index contributed by atoms with van der Waals surface area (Å²) in [5.41, 5.74) is 3.30. The van der Waals surface area contributed by atoms with Crippen LogP contribution in [-0.2, 0) is 0 Å². The van der Waals surface area contributed by atoms with Gasteiger partial charge in [0.2, 0.25) is 0 Å². The van der Waals surface area contributed by atoms with Crippen LogP contribution in [0.25, 0.3) is 0 Å². The van der Waals surface area contributed by atoms with Gasteiger partial charge in [-0.05, 0) is 18.2 Å². The summed E-state index contributed by atoms with van der Waals surface area (Å²) in [5, 5.41) is 0.512. The normalized spacial score (nSPS) is 9.38. The summed E-state index contributed by atoms with van der Waals surface area (Å²) in [6.45, 7) is 0. The summed E-state index contributed by atoms with van der Waals surface area (Å²) in [6.07, 6.45) is 0.704. The van der Waals surface area contributed by atoms with Gasteiger partial charge in [-0.1, -0.05) is 23.8 Å². The Morgan fingerprint density at radius 2 is 2.31 bits per heavy atom. The fourth-order valence-corrected chi connectivity index (χ4v) is 1.25. The maximum Gasteiger partial charge on any atom is 0.150 e. The Bertz CT molecular complexity index is 354. The third kappa shape index (κ3) is 2.24. The number of carbonyl (C=O) groups is 1. The SMILES string of the molecule is NNC(=S)c1cc(Cl)ccc1C=O. The minimum Gasteiger partial charge on any atom is -0.314 e. The monoisotopic (exact) mass is 214 g/mol. The molecule has 0 unspecified atom stereocenters. The van der Waals surface area contributed by atoms with E-state index in [1.54, 1.807) is 18.2 Å². The molecule has 0 radical (unpaired) electrons. The molecule has 13 heavy (non-hydrogen) atoms. The molecule has 0 bridgehead atoms. The molecule has 0 aromatic heterocycles. The maximum absolute atomic E-state index is 10.6. The lowest BCUT2D eigenvalue weighted by atomic mass is 10.1. The molecule has 0 amide bonds. The quantitative estimate of drug-likeness (QED) is 0.337. The van der Waals surface area contributed by atoms with Gasteiger partial charge in [0.1, 0.15) is 4.99 Å². The topological polar surface area (TPSA) is 55.1 Å². The van der Waals surface area contributed by atoms with Crippen molar-refractivity contribution in [3.63, 3.8) is 0 Å². The van der Waals surface area contributed by atoms with Crippen LogP contribution in [0.4, 0.5) is 0 Å². The smallest absolute Gasteiger partial charge is 0.150 e. The molecule has 0 saturated heterocycles. The van der Waals surface area contributed by atoms with E-state index in [1.807, 2.05) is 0 Å². The first kappa shape index (κ1) is 10.1. The van der Waals surface area contributed by atoms with Crippen molar-refractivity contribution in [1.29, 1.82) is 0 Å². The molecule has 0 atom stereocenters. The molecule has 1 aromatic carbocycles. The fourth-order valence-electron chi connectivity index (χ4n) is 0.906. The highest BCUT2D eigenvalue weighted by atomic mass is 35.5. The average Bonchev–Trinajstić information content (AvgIpc) is 2.16. The predicted octanol–water partition coefficient (Wildman–Crippen LogP) is 1.29. The van der Waals surface area contributed by atoms with Crippen LogP contribution in [0.1, 0.15) is 15.9 Å². The molecular weight excluding hydrogens is 208 g/mol. The van der Waals surface area contributed by atoms with Crippen LogP contribution in [0.15, 0.2) is 18.2 Å². The van der Waals surface area contributed by atoms with Gasteiger partial charge in [0, 0.05) is 16.1 Å². The number of thiocarbonyl (C=S) groups is 1. The van der Waals surface area contributed by atoms with Gasteiger partial charge in [-0.2, -0.15) is 0 Å². The summed E-state index contributed by atoms with van der Waals surface area (Å²) in [7, 11) is 0. The Morgan fingerprint density at radius 1 is 1.62 bits per heavy atom. The van der Waals surface area contributed by atoms with E-state index in [0.29, 0.717) is 27.4 Å². The molecule has 1 rings (SSSR count). The Morgan fingerprint density at radius 3 is 2.85 bits per heavy atom. The van der Waals surface area contributed by atoms with Crippen molar-refractivity contribution in [2.45, 2.75) is 0 Å². The van der Waals surface area contributed by atoms with Gasteiger partial charge in [-0.25, -0.2) is 5.84 Å². The van der Waals surface area contributed by atoms with Crippen molar-refractivity contribution in [2.75, 3.05) is 0 Å². The lowest BCUT2D eigenvalue weighted by Gasteiger charge is -2.05. The zero-order valence-corrected chi connectivity index (χ0v) is 8.15.